The zero-order chi connectivity index (χ0) is 17.1. The lowest BCUT2D eigenvalue weighted by Crippen LogP contribution is -2.23. The van der Waals surface area contributed by atoms with E-state index in [1.807, 2.05) is 30.3 Å². The van der Waals surface area contributed by atoms with Gasteiger partial charge in [-0.15, -0.1) is 12.4 Å². The third-order valence-corrected chi connectivity index (χ3v) is 5.01. The van der Waals surface area contributed by atoms with Gasteiger partial charge in [-0.25, -0.2) is 4.98 Å². The third-order valence-electron chi connectivity index (χ3n) is 5.01. The second kappa shape index (κ2) is 8.49. The van der Waals surface area contributed by atoms with Crippen LogP contribution in [-0.4, -0.2) is 29.5 Å². The molecule has 3 aromatic rings. The van der Waals surface area contributed by atoms with Crippen molar-refractivity contribution in [3.05, 3.63) is 78.2 Å². The highest BCUT2D eigenvalue weighted by atomic mass is 35.5. The molecule has 1 aliphatic heterocycles. The number of benzene rings is 2. The highest BCUT2D eigenvalue weighted by Gasteiger charge is 2.33. The smallest absolute Gasteiger partial charge is 0.226 e. The van der Waals surface area contributed by atoms with Crippen molar-refractivity contribution in [1.29, 1.82) is 0 Å². The molecule has 2 aromatic carbocycles. The van der Waals surface area contributed by atoms with Crippen LogP contribution in [0.3, 0.4) is 0 Å². The number of aromatic nitrogens is 1. The zero-order valence-corrected chi connectivity index (χ0v) is 15.4. The van der Waals surface area contributed by atoms with Crippen molar-refractivity contribution in [2.45, 2.75) is 12.5 Å². The molecule has 0 radical (unpaired) electrons. The first-order valence-electron chi connectivity index (χ1n) is 8.80. The lowest BCUT2D eigenvalue weighted by atomic mass is 9.89. The first kappa shape index (κ1) is 18.6. The van der Waals surface area contributed by atoms with Crippen molar-refractivity contribution in [2.24, 2.45) is 11.7 Å². The quantitative estimate of drug-likeness (QED) is 0.740. The van der Waals surface area contributed by atoms with E-state index in [4.69, 9.17) is 10.2 Å². The molecule has 0 unspecified atom stereocenters. The molecule has 1 saturated heterocycles. The van der Waals surface area contributed by atoms with Crippen LogP contribution in [0.4, 0.5) is 0 Å². The minimum Gasteiger partial charge on any atom is -0.444 e. The Kier molecular flexibility index (Phi) is 6.09. The van der Waals surface area contributed by atoms with Crippen LogP contribution >= 0.6 is 12.4 Å². The molecule has 26 heavy (non-hydrogen) atoms. The molecule has 2 atom stereocenters. The number of nitrogens with zero attached hydrogens (tertiary/aromatic N) is 2. The average molecular weight is 370 g/mol. The van der Waals surface area contributed by atoms with Crippen molar-refractivity contribution >= 4 is 12.4 Å². The Morgan fingerprint density at radius 1 is 1.00 bits per heavy atom. The number of likely N-dealkylation sites (tertiary alicyclic amines) is 1. The topological polar surface area (TPSA) is 55.3 Å². The van der Waals surface area contributed by atoms with Gasteiger partial charge in [0.05, 0.1) is 5.69 Å². The molecule has 1 aliphatic rings. The molecule has 5 heteroatoms. The van der Waals surface area contributed by atoms with Crippen molar-refractivity contribution in [2.75, 3.05) is 19.6 Å². The van der Waals surface area contributed by atoms with Gasteiger partial charge >= 0.3 is 0 Å². The van der Waals surface area contributed by atoms with Gasteiger partial charge in [-0.2, -0.15) is 0 Å². The van der Waals surface area contributed by atoms with E-state index in [1.54, 1.807) is 6.26 Å². The molecular weight excluding hydrogens is 346 g/mol. The number of oxazole rings is 1. The number of rotatable bonds is 5. The fraction of sp³-hybridized carbons (Fsp3) is 0.286. The molecule has 0 spiro atoms. The summed E-state index contributed by atoms with van der Waals surface area (Å²) >= 11 is 0. The van der Waals surface area contributed by atoms with Gasteiger partial charge in [-0.3, -0.25) is 4.90 Å². The van der Waals surface area contributed by atoms with Crippen molar-refractivity contribution in [3.63, 3.8) is 0 Å². The third kappa shape index (κ3) is 3.98. The number of hydrogen-bond donors (Lipinski definition) is 1. The minimum absolute atomic E-state index is 0. The highest BCUT2D eigenvalue weighted by Crippen LogP contribution is 2.33. The summed E-state index contributed by atoms with van der Waals surface area (Å²) in [6.45, 7) is 3.53. The van der Waals surface area contributed by atoms with Crippen molar-refractivity contribution in [1.82, 2.24) is 9.88 Å². The molecule has 0 amide bonds. The van der Waals surface area contributed by atoms with E-state index in [1.165, 1.54) is 5.56 Å². The Labute approximate surface area is 160 Å². The van der Waals surface area contributed by atoms with Crippen LogP contribution in [0.25, 0.3) is 11.5 Å². The van der Waals surface area contributed by atoms with Crippen molar-refractivity contribution in [3.8, 4) is 11.5 Å². The maximum Gasteiger partial charge on any atom is 0.226 e. The maximum atomic E-state index is 6.04. The summed E-state index contributed by atoms with van der Waals surface area (Å²) in [6.07, 6.45) is 1.77. The number of nitrogens with two attached hydrogens (primary N) is 1. The molecule has 0 aliphatic carbocycles. The summed E-state index contributed by atoms with van der Waals surface area (Å²) in [5.41, 5.74) is 9.40. The van der Waals surface area contributed by atoms with Crippen LogP contribution in [-0.2, 0) is 6.54 Å². The lowest BCUT2D eigenvalue weighted by Gasteiger charge is -2.16. The second-order valence-corrected chi connectivity index (χ2v) is 6.72. The second-order valence-electron chi connectivity index (χ2n) is 6.72. The summed E-state index contributed by atoms with van der Waals surface area (Å²) < 4.78 is 5.66. The molecule has 2 heterocycles. The van der Waals surface area contributed by atoms with Gasteiger partial charge in [-0.05, 0) is 30.2 Å². The molecular formula is C21H24ClN3O. The molecule has 1 fully saturated rings. The van der Waals surface area contributed by atoms with E-state index >= 15 is 0 Å². The fourth-order valence-electron chi connectivity index (χ4n) is 3.73. The predicted octanol–water partition coefficient (Wildman–Crippen LogP) is 3.94. The van der Waals surface area contributed by atoms with Crippen molar-refractivity contribution < 1.29 is 4.42 Å². The molecule has 0 bridgehead atoms. The van der Waals surface area contributed by atoms with Crippen LogP contribution < -0.4 is 5.73 Å². The van der Waals surface area contributed by atoms with E-state index in [0.717, 1.165) is 30.9 Å². The zero-order valence-electron chi connectivity index (χ0n) is 14.6. The molecule has 0 saturated carbocycles. The molecule has 136 valence electrons. The van der Waals surface area contributed by atoms with Crippen LogP contribution in [0.5, 0.6) is 0 Å². The molecule has 4 rings (SSSR count). The van der Waals surface area contributed by atoms with Gasteiger partial charge in [-0.1, -0.05) is 48.5 Å². The summed E-state index contributed by atoms with van der Waals surface area (Å²) in [7, 11) is 0. The van der Waals surface area contributed by atoms with E-state index < -0.39 is 0 Å². The Hall–Kier alpha value is -2.14. The SMILES string of the molecule is Cl.NC[C@@H]1CN(Cc2coc(-c3ccccc3)n2)C[C@H]1c1ccccc1. The first-order chi connectivity index (χ1) is 12.3. The van der Waals surface area contributed by atoms with Gasteiger partial charge in [0.25, 0.3) is 0 Å². The van der Waals surface area contributed by atoms with Crippen LogP contribution in [0.1, 0.15) is 17.2 Å². The minimum atomic E-state index is 0. The van der Waals surface area contributed by atoms with Gasteiger partial charge in [0.15, 0.2) is 0 Å². The summed E-state index contributed by atoms with van der Waals surface area (Å²) in [6, 6.07) is 20.7. The summed E-state index contributed by atoms with van der Waals surface area (Å²) in [4.78, 5) is 7.09. The van der Waals surface area contributed by atoms with Gasteiger partial charge in [0.1, 0.15) is 6.26 Å². The first-order valence-corrected chi connectivity index (χ1v) is 8.80. The van der Waals surface area contributed by atoms with E-state index in [0.29, 0.717) is 24.3 Å². The summed E-state index contributed by atoms with van der Waals surface area (Å²) in [5, 5.41) is 0. The van der Waals surface area contributed by atoms with Crippen LogP contribution in [0.2, 0.25) is 0 Å². The Balaban J connectivity index is 0.00000196. The van der Waals surface area contributed by atoms with Crippen LogP contribution in [0.15, 0.2) is 71.3 Å². The van der Waals surface area contributed by atoms with Gasteiger partial charge in [0.2, 0.25) is 5.89 Å². The molecule has 1 aromatic heterocycles. The van der Waals surface area contributed by atoms with Gasteiger partial charge in [0, 0.05) is 31.1 Å². The predicted molar refractivity (Wildman–Crippen MR) is 106 cm³/mol. The lowest BCUT2D eigenvalue weighted by molar-refractivity contribution is 0.312. The standard InChI is InChI=1S/C21H23N3O.ClH/c22-11-18-12-24(14-20(18)16-7-3-1-4-8-16)13-19-15-25-21(23-19)17-9-5-2-6-10-17;/h1-10,15,18,20H,11-14,22H2;1H/t18-,20+;/m1./s1. The van der Waals surface area contributed by atoms with Gasteiger partial charge < -0.3 is 10.2 Å². The number of halogens is 1. The normalized spacial score (nSPS) is 20.0. The van der Waals surface area contributed by atoms with E-state index in [9.17, 15) is 0 Å². The fourth-order valence-corrected chi connectivity index (χ4v) is 3.73. The molecule has 4 nitrogen and oxygen atoms in total. The average Bonchev–Trinajstić information content (AvgIpc) is 3.30. The maximum absolute atomic E-state index is 6.04. The number of hydrogen-bond acceptors (Lipinski definition) is 4. The Morgan fingerprint density at radius 2 is 1.69 bits per heavy atom. The van der Waals surface area contributed by atoms with E-state index in [-0.39, 0.29) is 12.4 Å². The van der Waals surface area contributed by atoms with Crippen LogP contribution in [0, 0.1) is 5.92 Å². The monoisotopic (exact) mass is 369 g/mol. The highest BCUT2D eigenvalue weighted by molar-refractivity contribution is 5.85. The largest absolute Gasteiger partial charge is 0.444 e. The Bertz CT molecular complexity index is 806. The summed E-state index contributed by atoms with van der Waals surface area (Å²) in [5.74, 6) is 1.67. The Morgan fingerprint density at radius 3 is 2.38 bits per heavy atom. The molecule has 2 N–H and O–H groups in total. The van der Waals surface area contributed by atoms with E-state index in [2.05, 4.69) is 40.2 Å².